The van der Waals surface area contributed by atoms with Crippen molar-refractivity contribution in [1.29, 1.82) is 0 Å². The number of likely N-dealkylation sites (N-methyl/N-ethyl adjacent to an activating group) is 1. The van der Waals surface area contributed by atoms with E-state index in [0.717, 1.165) is 6.54 Å². The normalized spacial score (nSPS) is 7.14. The van der Waals surface area contributed by atoms with Crippen LogP contribution in [0.2, 0.25) is 0 Å². The van der Waals surface area contributed by atoms with Gasteiger partial charge in [0.05, 0.1) is 0 Å². The van der Waals surface area contributed by atoms with Crippen LogP contribution in [0, 0.1) is 0 Å². The summed E-state index contributed by atoms with van der Waals surface area (Å²) in [6.45, 7) is 2.86. The van der Waals surface area contributed by atoms with E-state index < -0.39 is 0 Å². The third kappa shape index (κ3) is 5.48. The van der Waals surface area contributed by atoms with E-state index in [9.17, 15) is 0 Å². The third-order valence-corrected chi connectivity index (χ3v) is 0.591. The molecule has 0 saturated heterocycles. The topological polar surface area (TPSA) is 12.0 Å². The average molecular weight is 97.2 g/mol. The lowest BCUT2D eigenvalue weighted by Crippen LogP contribution is -2.03. The van der Waals surface area contributed by atoms with E-state index in [2.05, 4.69) is 11.0 Å². The minimum absolute atomic E-state index is 0.907. The van der Waals surface area contributed by atoms with Gasteiger partial charge in [0.1, 0.15) is 0 Å². The van der Waals surface area contributed by atoms with Gasteiger partial charge in [-0.2, -0.15) is 0 Å². The molecule has 0 aliphatic rings. The second-order valence-electron chi connectivity index (χ2n) is 1.22. The SMILES string of the molecule is CC=C=CCNC. The molecule has 0 aromatic rings. The van der Waals surface area contributed by atoms with Crippen molar-refractivity contribution < 1.29 is 0 Å². The summed E-state index contributed by atoms with van der Waals surface area (Å²) in [4.78, 5) is 0. The molecule has 0 rings (SSSR count). The molecule has 40 valence electrons. The van der Waals surface area contributed by atoms with Gasteiger partial charge in [-0.25, -0.2) is 0 Å². The molecule has 0 heterocycles. The maximum Gasteiger partial charge on any atom is 0.0206 e. The van der Waals surface area contributed by atoms with Crippen molar-refractivity contribution >= 4 is 0 Å². The lowest BCUT2D eigenvalue weighted by molar-refractivity contribution is 0.920. The molecule has 0 fully saturated rings. The second-order valence-corrected chi connectivity index (χ2v) is 1.22. The molecule has 0 aliphatic carbocycles. The van der Waals surface area contributed by atoms with Crippen LogP contribution in [0.3, 0.4) is 0 Å². The van der Waals surface area contributed by atoms with E-state index >= 15 is 0 Å². The highest BCUT2D eigenvalue weighted by molar-refractivity contribution is 4.82. The van der Waals surface area contributed by atoms with Crippen LogP contribution in [-0.2, 0) is 0 Å². The smallest absolute Gasteiger partial charge is 0.0206 e. The highest BCUT2D eigenvalue weighted by Gasteiger charge is 1.61. The molecule has 0 aliphatic heterocycles. The molecule has 1 N–H and O–H groups in total. The summed E-state index contributed by atoms with van der Waals surface area (Å²) < 4.78 is 0. The predicted molar refractivity (Wildman–Crippen MR) is 32.3 cm³/mol. The molecule has 0 saturated carbocycles. The van der Waals surface area contributed by atoms with Gasteiger partial charge in [0.15, 0.2) is 0 Å². The van der Waals surface area contributed by atoms with Crippen molar-refractivity contribution in [2.45, 2.75) is 6.92 Å². The Morgan fingerprint density at radius 2 is 2.43 bits per heavy atom. The predicted octanol–water partition coefficient (Wildman–Crippen LogP) is 0.937. The molecule has 0 aromatic carbocycles. The van der Waals surface area contributed by atoms with Crippen molar-refractivity contribution in [3.63, 3.8) is 0 Å². The summed E-state index contributed by atoms with van der Waals surface area (Å²) in [5.41, 5.74) is 2.94. The first-order chi connectivity index (χ1) is 3.41. The van der Waals surface area contributed by atoms with Crippen LogP contribution < -0.4 is 5.32 Å². The maximum atomic E-state index is 2.96. The number of hydrogen-bond donors (Lipinski definition) is 1. The van der Waals surface area contributed by atoms with E-state index in [4.69, 9.17) is 0 Å². The fourth-order valence-corrected chi connectivity index (χ4v) is 0.279. The number of rotatable bonds is 2. The molecule has 0 bridgehead atoms. The lowest BCUT2D eigenvalue weighted by atomic mass is 10.5. The number of hydrogen-bond acceptors (Lipinski definition) is 1. The summed E-state index contributed by atoms with van der Waals surface area (Å²) in [5, 5.41) is 2.96. The van der Waals surface area contributed by atoms with Gasteiger partial charge >= 0.3 is 0 Å². The largest absolute Gasteiger partial charge is 0.316 e. The molecular weight excluding hydrogens is 86.1 g/mol. The molecule has 0 spiro atoms. The minimum Gasteiger partial charge on any atom is -0.316 e. The fraction of sp³-hybridized carbons (Fsp3) is 0.500. The van der Waals surface area contributed by atoms with Crippen LogP contribution in [0.25, 0.3) is 0 Å². The Morgan fingerprint density at radius 3 is 2.86 bits per heavy atom. The van der Waals surface area contributed by atoms with Gasteiger partial charge in [-0.3, -0.25) is 0 Å². The molecule has 1 heteroatoms. The van der Waals surface area contributed by atoms with Crippen LogP contribution in [0.4, 0.5) is 0 Å². The first kappa shape index (κ1) is 6.48. The summed E-state index contributed by atoms with van der Waals surface area (Å²) in [7, 11) is 1.91. The van der Waals surface area contributed by atoms with Crippen LogP contribution >= 0.6 is 0 Å². The summed E-state index contributed by atoms with van der Waals surface area (Å²) in [6.07, 6.45) is 3.83. The maximum absolute atomic E-state index is 2.96. The number of nitrogens with one attached hydrogen (secondary N) is 1. The second kappa shape index (κ2) is 5.48. The molecule has 7 heavy (non-hydrogen) atoms. The Hall–Kier alpha value is -0.520. The molecule has 0 radical (unpaired) electrons. The third-order valence-electron chi connectivity index (χ3n) is 0.591. The summed E-state index contributed by atoms with van der Waals surface area (Å²) in [5.74, 6) is 0. The van der Waals surface area contributed by atoms with Crippen LogP contribution in [0.5, 0.6) is 0 Å². The van der Waals surface area contributed by atoms with Gasteiger partial charge in [-0.05, 0) is 26.1 Å². The molecule has 1 nitrogen and oxygen atoms in total. The Kier molecular flexibility index (Phi) is 5.07. The van der Waals surface area contributed by atoms with Crippen molar-refractivity contribution in [2.24, 2.45) is 0 Å². The zero-order valence-electron chi connectivity index (χ0n) is 4.86. The monoisotopic (exact) mass is 97.1 g/mol. The van der Waals surface area contributed by atoms with E-state index in [0.29, 0.717) is 0 Å². The molecule has 0 amide bonds. The van der Waals surface area contributed by atoms with Crippen molar-refractivity contribution in [1.82, 2.24) is 5.32 Å². The van der Waals surface area contributed by atoms with Crippen LogP contribution in [0.15, 0.2) is 17.9 Å². The molecular formula is C6H11N. The van der Waals surface area contributed by atoms with Gasteiger partial charge in [0.25, 0.3) is 0 Å². The van der Waals surface area contributed by atoms with Gasteiger partial charge in [-0.1, -0.05) is 0 Å². The van der Waals surface area contributed by atoms with Crippen molar-refractivity contribution in [3.05, 3.63) is 17.9 Å². The quantitative estimate of drug-likeness (QED) is 0.505. The fourth-order valence-electron chi connectivity index (χ4n) is 0.279. The van der Waals surface area contributed by atoms with E-state index in [1.54, 1.807) is 0 Å². The Bertz CT molecular complexity index is 78.2. The Morgan fingerprint density at radius 1 is 1.71 bits per heavy atom. The zero-order chi connectivity index (χ0) is 5.54. The summed E-state index contributed by atoms with van der Waals surface area (Å²) in [6, 6.07) is 0. The minimum atomic E-state index is 0.907. The van der Waals surface area contributed by atoms with E-state index in [-0.39, 0.29) is 0 Å². The average Bonchev–Trinajstić information content (AvgIpc) is 1.69. The highest BCUT2D eigenvalue weighted by Crippen LogP contribution is 1.60. The Balaban J connectivity index is 3.10. The van der Waals surface area contributed by atoms with Gasteiger partial charge in [0.2, 0.25) is 0 Å². The molecule has 0 atom stereocenters. The lowest BCUT2D eigenvalue weighted by Gasteiger charge is -1.80. The first-order valence-corrected chi connectivity index (χ1v) is 2.42. The zero-order valence-corrected chi connectivity index (χ0v) is 4.86. The molecule has 0 aromatic heterocycles. The van der Waals surface area contributed by atoms with Gasteiger partial charge < -0.3 is 5.32 Å². The van der Waals surface area contributed by atoms with Crippen LogP contribution in [0.1, 0.15) is 6.92 Å². The highest BCUT2D eigenvalue weighted by atomic mass is 14.8. The Labute approximate surface area is 44.7 Å². The van der Waals surface area contributed by atoms with Gasteiger partial charge in [-0.15, -0.1) is 5.73 Å². The summed E-state index contributed by atoms with van der Waals surface area (Å²) >= 11 is 0. The van der Waals surface area contributed by atoms with E-state index in [1.165, 1.54) is 0 Å². The van der Waals surface area contributed by atoms with Crippen LogP contribution in [-0.4, -0.2) is 13.6 Å². The van der Waals surface area contributed by atoms with Crippen molar-refractivity contribution in [3.8, 4) is 0 Å². The van der Waals surface area contributed by atoms with E-state index in [1.807, 2.05) is 26.1 Å². The standard InChI is InChI=1S/C6H11N/c1-3-4-5-6-7-2/h3,5,7H,6H2,1-2H3. The van der Waals surface area contributed by atoms with Crippen molar-refractivity contribution in [2.75, 3.05) is 13.6 Å². The molecule has 0 unspecified atom stereocenters. The first-order valence-electron chi connectivity index (χ1n) is 2.42. The van der Waals surface area contributed by atoms with Gasteiger partial charge in [0, 0.05) is 6.54 Å².